The highest BCUT2D eigenvalue weighted by molar-refractivity contribution is 9.11. The number of aromatic nitrogens is 2. The van der Waals surface area contributed by atoms with E-state index in [4.69, 9.17) is 4.74 Å². The number of ether oxygens (including phenoxy) is 1. The number of benzene rings is 1. The van der Waals surface area contributed by atoms with Crippen molar-refractivity contribution in [3.05, 3.63) is 72.8 Å². The summed E-state index contributed by atoms with van der Waals surface area (Å²) in [6.45, 7) is 5.52. The Morgan fingerprint density at radius 1 is 1.23 bits per heavy atom. The Labute approximate surface area is 254 Å². The van der Waals surface area contributed by atoms with Gasteiger partial charge >= 0.3 is 6.09 Å². The Kier molecular flexibility index (Phi) is 8.66. The minimum absolute atomic E-state index is 0.0656. The van der Waals surface area contributed by atoms with Gasteiger partial charge in [-0.3, -0.25) is 14.7 Å². The molecule has 1 aliphatic carbocycles. The van der Waals surface area contributed by atoms with Crippen molar-refractivity contribution in [1.29, 1.82) is 0 Å². The third-order valence-corrected chi connectivity index (χ3v) is 9.55. The van der Waals surface area contributed by atoms with Crippen LogP contribution in [0, 0.1) is 0 Å². The molecule has 2 aliphatic rings. The zero-order valence-corrected chi connectivity index (χ0v) is 26.6. The molecule has 5 rings (SSSR count). The van der Waals surface area contributed by atoms with E-state index >= 15 is 0 Å². The summed E-state index contributed by atoms with van der Waals surface area (Å²) in [5.41, 5.74) is 2.58. The van der Waals surface area contributed by atoms with E-state index in [1.54, 1.807) is 34.7 Å². The van der Waals surface area contributed by atoms with Crippen molar-refractivity contribution < 1.29 is 19.4 Å². The number of thiazole rings is 1. The number of hydrogen-bond donors (Lipinski definition) is 2. The first kappa shape index (κ1) is 29.2. The highest BCUT2D eigenvalue weighted by Crippen LogP contribution is 2.40. The predicted octanol–water partition coefficient (Wildman–Crippen LogP) is 6.78. The molecule has 2 aromatic heterocycles. The van der Waals surface area contributed by atoms with E-state index in [1.807, 2.05) is 45.0 Å². The van der Waals surface area contributed by atoms with E-state index in [1.165, 1.54) is 4.88 Å². The molecule has 1 saturated heterocycles. The Bertz CT molecular complexity index is 1390. The summed E-state index contributed by atoms with van der Waals surface area (Å²) in [6, 6.07) is 8.86. The molecule has 11 heteroatoms. The van der Waals surface area contributed by atoms with Crippen LogP contribution in [0.1, 0.15) is 73.8 Å². The van der Waals surface area contributed by atoms with E-state index in [2.05, 4.69) is 47.1 Å². The Morgan fingerprint density at radius 2 is 2.02 bits per heavy atom. The molecule has 4 atom stereocenters. The zero-order valence-electron chi connectivity index (χ0n) is 22.6. The van der Waals surface area contributed by atoms with Gasteiger partial charge in [0.25, 0.3) is 0 Å². The van der Waals surface area contributed by atoms with Crippen molar-refractivity contribution in [2.24, 2.45) is 0 Å². The molecule has 8 nitrogen and oxygen atoms in total. The van der Waals surface area contributed by atoms with Gasteiger partial charge < -0.3 is 15.2 Å². The molecule has 0 spiro atoms. The van der Waals surface area contributed by atoms with Crippen LogP contribution < -0.4 is 5.32 Å². The molecule has 3 heterocycles. The summed E-state index contributed by atoms with van der Waals surface area (Å²) in [5.74, 6) is -0.322. The summed E-state index contributed by atoms with van der Waals surface area (Å²) in [6.07, 6.45) is 5.57. The molecule has 40 heavy (non-hydrogen) atoms. The molecule has 3 aromatic rings. The van der Waals surface area contributed by atoms with Gasteiger partial charge in [-0.2, -0.15) is 0 Å². The van der Waals surface area contributed by atoms with E-state index in [9.17, 15) is 14.7 Å². The van der Waals surface area contributed by atoms with Crippen LogP contribution in [0.25, 0.3) is 0 Å². The Hall–Kier alpha value is -2.34. The van der Waals surface area contributed by atoms with Crippen LogP contribution in [-0.2, 0) is 22.4 Å². The quantitative estimate of drug-likeness (QED) is 0.296. The molecular weight excluding hydrogens is 660 g/mol. The van der Waals surface area contributed by atoms with Crippen molar-refractivity contribution in [1.82, 2.24) is 14.9 Å². The molecule has 0 saturated carbocycles. The van der Waals surface area contributed by atoms with Crippen LogP contribution in [0.3, 0.4) is 0 Å². The fraction of sp³-hybridized carbons (Fsp3) is 0.448. The lowest BCUT2D eigenvalue weighted by atomic mass is 10.0. The SMILES string of the molecule is CC(C)(C)OC(=O)N1[C@H](Cc2ccc(NC(=O)[C@@H]3CCc4sc(Br)nc43)c(Br)c2)CC[C@@H]1[C@H](O)c1cccnc1. The van der Waals surface area contributed by atoms with Crippen LogP contribution in [0.4, 0.5) is 10.5 Å². The first-order valence-corrected chi connectivity index (χ1v) is 15.7. The van der Waals surface area contributed by atoms with Crippen molar-refractivity contribution in [3.63, 3.8) is 0 Å². The number of rotatable bonds is 6. The summed E-state index contributed by atoms with van der Waals surface area (Å²) >= 11 is 8.65. The molecule has 1 aliphatic heterocycles. The molecule has 1 fully saturated rings. The lowest BCUT2D eigenvalue weighted by molar-refractivity contribution is -0.117. The van der Waals surface area contributed by atoms with Crippen molar-refractivity contribution in [2.45, 2.75) is 82.6 Å². The summed E-state index contributed by atoms with van der Waals surface area (Å²) < 4.78 is 7.34. The van der Waals surface area contributed by atoms with E-state index < -0.39 is 23.8 Å². The molecule has 2 N–H and O–H groups in total. The number of aliphatic hydroxyl groups is 1. The van der Waals surface area contributed by atoms with E-state index in [0.717, 1.165) is 38.9 Å². The van der Waals surface area contributed by atoms with Crippen molar-refractivity contribution >= 4 is 60.9 Å². The van der Waals surface area contributed by atoms with Gasteiger partial charge in [0.2, 0.25) is 5.91 Å². The van der Waals surface area contributed by atoms with Gasteiger partial charge in [0.1, 0.15) is 11.7 Å². The van der Waals surface area contributed by atoms with Gasteiger partial charge in [-0.05, 0) is 108 Å². The lowest BCUT2D eigenvalue weighted by Crippen LogP contribution is -2.47. The second-order valence-corrected chi connectivity index (χ2v) is 14.5. The highest BCUT2D eigenvalue weighted by Gasteiger charge is 2.43. The predicted molar refractivity (Wildman–Crippen MR) is 161 cm³/mol. The first-order chi connectivity index (χ1) is 19.0. The number of pyridine rings is 1. The number of halogens is 2. The topological polar surface area (TPSA) is 105 Å². The van der Waals surface area contributed by atoms with Crippen LogP contribution in [0.5, 0.6) is 0 Å². The maximum atomic E-state index is 13.4. The largest absolute Gasteiger partial charge is 0.444 e. The second kappa shape index (κ2) is 11.9. The minimum atomic E-state index is -0.870. The first-order valence-electron chi connectivity index (χ1n) is 13.3. The number of nitrogens with zero attached hydrogens (tertiary/aromatic N) is 3. The van der Waals surface area contributed by atoms with Gasteiger partial charge in [-0.1, -0.05) is 12.1 Å². The molecule has 0 bridgehead atoms. The summed E-state index contributed by atoms with van der Waals surface area (Å²) in [7, 11) is 0. The molecule has 2 amide bonds. The monoisotopic (exact) mass is 690 g/mol. The number of aryl methyl sites for hydroxylation is 1. The summed E-state index contributed by atoms with van der Waals surface area (Å²) in [5, 5.41) is 14.3. The van der Waals surface area contributed by atoms with Crippen LogP contribution in [-0.4, -0.2) is 49.7 Å². The van der Waals surface area contributed by atoms with E-state index in [0.29, 0.717) is 24.1 Å². The minimum Gasteiger partial charge on any atom is -0.444 e. The Morgan fingerprint density at radius 3 is 2.73 bits per heavy atom. The molecule has 0 radical (unpaired) electrons. The normalized spacial score (nSPS) is 21.2. The van der Waals surface area contributed by atoms with Gasteiger partial charge in [0.05, 0.1) is 23.3 Å². The fourth-order valence-electron chi connectivity index (χ4n) is 5.53. The zero-order chi connectivity index (χ0) is 28.6. The second-order valence-electron chi connectivity index (χ2n) is 11.3. The van der Waals surface area contributed by atoms with Gasteiger partial charge in [0, 0.05) is 33.3 Å². The van der Waals surface area contributed by atoms with Crippen LogP contribution >= 0.6 is 43.2 Å². The summed E-state index contributed by atoms with van der Waals surface area (Å²) in [4.78, 5) is 38.0. The maximum Gasteiger partial charge on any atom is 0.410 e. The smallest absolute Gasteiger partial charge is 0.410 e. The number of likely N-dealkylation sites (tertiary alicyclic amines) is 1. The van der Waals surface area contributed by atoms with E-state index in [-0.39, 0.29) is 17.9 Å². The molecular formula is C29H32Br2N4O4S. The number of fused-ring (bicyclic) bond motifs is 1. The van der Waals surface area contributed by atoms with Gasteiger partial charge in [-0.15, -0.1) is 11.3 Å². The maximum absolute atomic E-state index is 13.4. The lowest BCUT2D eigenvalue weighted by Gasteiger charge is -2.34. The number of aliphatic hydroxyl groups excluding tert-OH is 1. The number of carbonyl (C=O) groups is 2. The highest BCUT2D eigenvalue weighted by atomic mass is 79.9. The third kappa shape index (κ3) is 6.42. The number of hydrogen-bond acceptors (Lipinski definition) is 7. The standard InChI is InChI=1S/C29H32Br2N4O4S/c1-29(2,3)39-28(38)35-18(7-10-22(35)25(36)17-5-4-12-32-15-17)13-16-6-9-21(20(30)14-16)33-26(37)19-8-11-23-24(19)34-27(31)40-23/h4-6,9,12,14-15,18-19,22,25,36H,7-8,10-11,13H2,1-3H3,(H,33,37)/t18-,19+,22+,25+/m0/s1. The van der Waals surface area contributed by atoms with Gasteiger partial charge in [-0.25, -0.2) is 9.78 Å². The molecule has 0 unspecified atom stereocenters. The molecule has 1 aromatic carbocycles. The Balaban J connectivity index is 1.31. The van der Waals surface area contributed by atoms with Crippen LogP contribution in [0.15, 0.2) is 51.1 Å². The number of nitrogens with one attached hydrogen (secondary N) is 1. The average molecular weight is 692 g/mol. The number of anilines is 1. The van der Waals surface area contributed by atoms with Crippen LogP contribution in [0.2, 0.25) is 0 Å². The van der Waals surface area contributed by atoms with Gasteiger partial charge in [0.15, 0.2) is 3.92 Å². The van der Waals surface area contributed by atoms with Crippen molar-refractivity contribution in [3.8, 4) is 0 Å². The molecule has 212 valence electrons. The van der Waals surface area contributed by atoms with Crippen molar-refractivity contribution in [2.75, 3.05) is 5.32 Å². The fourth-order valence-corrected chi connectivity index (χ4v) is 7.69. The third-order valence-electron chi connectivity index (χ3n) is 7.31. The number of amides is 2. The average Bonchev–Trinajstić information content (AvgIpc) is 3.58. The number of carbonyl (C=O) groups excluding carboxylic acids is 2.